The highest BCUT2D eigenvalue weighted by Gasteiger charge is 2.28. The van der Waals surface area contributed by atoms with Crippen molar-refractivity contribution in [2.75, 3.05) is 14.2 Å². The van der Waals surface area contributed by atoms with E-state index in [2.05, 4.69) is 0 Å². The molecule has 1 atom stereocenters. The summed E-state index contributed by atoms with van der Waals surface area (Å²) in [5.74, 6) is -1.60. The maximum atomic E-state index is 12.6. The Balaban J connectivity index is 2.24. The number of ether oxygens (including phenoxy) is 2. The van der Waals surface area contributed by atoms with Gasteiger partial charge < -0.3 is 24.1 Å². The van der Waals surface area contributed by atoms with Crippen LogP contribution in [0.2, 0.25) is 0 Å². The van der Waals surface area contributed by atoms with E-state index in [-0.39, 0.29) is 34.8 Å². The number of hydrogen-bond donors (Lipinski definition) is 2. The van der Waals surface area contributed by atoms with E-state index < -0.39 is 17.5 Å². The minimum absolute atomic E-state index is 0.0631. The first kappa shape index (κ1) is 18.3. The van der Waals surface area contributed by atoms with Gasteiger partial charge in [0.1, 0.15) is 11.3 Å². The number of carbonyl (C=O) groups is 1. The first-order chi connectivity index (χ1) is 13.0. The molecule has 0 saturated carbocycles. The standard InChI is InChI=1S/C20H18O7/c1-25-16-9-11(7-8-14(16)21)13(10-17(22)26-2)18-19(23)12-5-3-4-6-15(12)27-20(18)24/h3-9,13,21,23H,10H2,1-2H3. The highest BCUT2D eigenvalue weighted by Crippen LogP contribution is 2.38. The molecule has 3 aromatic rings. The molecular formula is C20H18O7. The zero-order chi connectivity index (χ0) is 19.6. The van der Waals surface area contributed by atoms with E-state index in [1.807, 2.05) is 0 Å². The number of phenolic OH excluding ortho intramolecular Hbond substituents is 1. The Kier molecular flexibility index (Phi) is 5.03. The molecule has 0 bridgehead atoms. The number of rotatable bonds is 5. The molecule has 0 fully saturated rings. The zero-order valence-corrected chi connectivity index (χ0v) is 14.8. The Morgan fingerprint density at radius 2 is 1.89 bits per heavy atom. The zero-order valence-electron chi connectivity index (χ0n) is 14.8. The van der Waals surface area contributed by atoms with Crippen LogP contribution in [0.4, 0.5) is 0 Å². The molecule has 140 valence electrons. The average Bonchev–Trinajstić information content (AvgIpc) is 2.67. The molecule has 0 radical (unpaired) electrons. The summed E-state index contributed by atoms with van der Waals surface area (Å²) < 4.78 is 15.2. The smallest absolute Gasteiger partial charge is 0.343 e. The van der Waals surface area contributed by atoms with Gasteiger partial charge in [-0.3, -0.25) is 4.79 Å². The average molecular weight is 370 g/mol. The number of methoxy groups -OCH3 is 2. The van der Waals surface area contributed by atoms with Crippen LogP contribution < -0.4 is 10.4 Å². The van der Waals surface area contributed by atoms with Crippen LogP contribution in [0, 0.1) is 0 Å². The van der Waals surface area contributed by atoms with Gasteiger partial charge >= 0.3 is 11.6 Å². The van der Waals surface area contributed by atoms with Gasteiger partial charge in [-0.05, 0) is 29.8 Å². The van der Waals surface area contributed by atoms with Gasteiger partial charge in [-0.2, -0.15) is 0 Å². The third-order valence-corrected chi connectivity index (χ3v) is 4.37. The SMILES string of the molecule is COC(=O)CC(c1ccc(O)c(OC)c1)c1c(O)c2ccccc2oc1=O. The first-order valence-corrected chi connectivity index (χ1v) is 8.14. The number of carbonyl (C=O) groups excluding carboxylic acids is 1. The Hall–Kier alpha value is -3.48. The summed E-state index contributed by atoms with van der Waals surface area (Å²) in [7, 11) is 2.62. The van der Waals surface area contributed by atoms with Crippen molar-refractivity contribution in [2.24, 2.45) is 0 Å². The number of hydrogen-bond acceptors (Lipinski definition) is 7. The molecule has 27 heavy (non-hydrogen) atoms. The molecule has 1 aromatic heterocycles. The van der Waals surface area contributed by atoms with Crippen molar-refractivity contribution < 1.29 is 28.9 Å². The molecule has 0 spiro atoms. The summed E-state index contributed by atoms with van der Waals surface area (Å²) in [6.45, 7) is 0. The molecule has 0 aliphatic heterocycles. The maximum absolute atomic E-state index is 12.6. The van der Waals surface area contributed by atoms with Gasteiger partial charge in [0.25, 0.3) is 0 Å². The summed E-state index contributed by atoms with van der Waals surface area (Å²) >= 11 is 0. The molecule has 0 aliphatic rings. The van der Waals surface area contributed by atoms with Crippen LogP contribution >= 0.6 is 0 Å². The maximum Gasteiger partial charge on any atom is 0.343 e. The van der Waals surface area contributed by atoms with E-state index in [4.69, 9.17) is 13.9 Å². The van der Waals surface area contributed by atoms with E-state index in [0.717, 1.165) is 0 Å². The molecule has 0 aliphatic carbocycles. The van der Waals surface area contributed by atoms with Crippen molar-refractivity contribution in [2.45, 2.75) is 12.3 Å². The van der Waals surface area contributed by atoms with Crippen LogP contribution in [0.5, 0.6) is 17.2 Å². The fourth-order valence-electron chi connectivity index (χ4n) is 3.00. The molecular weight excluding hydrogens is 352 g/mol. The van der Waals surface area contributed by atoms with Crippen LogP contribution in [0.1, 0.15) is 23.5 Å². The number of phenols is 1. The molecule has 3 rings (SSSR count). The van der Waals surface area contributed by atoms with Crippen LogP contribution in [-0.2, 0) is 9.53 Å². The first-order valence-electron chi connectivity index (χ1n) is 8.14. The lowest BCUT2D eigenvalue weighted by Gasteiger charge is -2.18. The molecule has 1 unspecified atom stereocenters. The van der Waals surface area contributed by atoms with Crippen molar-refractivity contribution in [3.05, 3.63) is 64.0 Å². The molecule has 2 N–H and O–H groups in total. The van der Waals surface area contributed by atoms with Gasteiger partial charge in [0.15, 0.2) is 11.5 Å². The lowest BCUT2D eigenvalue weighted by atomic mass is 9.88. The monoisotopic (exact) mass is 370 g/mol. The molecule has 7 nitrogen and oxygen atoms in total. The quantitative estimate of drug-likeness (QED) is 0.525. The third kappa shape index (κ3) is 3.44. The number of aromatic hydroxyl groups is 2. The largest absolute Gasteiger partial charge is 0.507 e. The van der Waals surface area contributed by atoms with Crippen LogP contribution in [0.25, 0.3) is 11.0 Å². The highest BCUT2D eigenvalue weighted by molar-refractivity contribution is 5.84. The van der Waals surface area contributed by atoms with E-state index in [1.165, 1.54) is 26.4 Å². The molecule has 2 aromatic carbocycles. The summed E-state index contributed by atoms with van der Waals surface area (Å²) in [5.41, 5.74) is -0.101. The van der Waals surface area contributed by atoms with Crippen molar-refractivity contribution in [3.63, 3.8) is 0 Å². The number of esters is 1. The Morgan fingerprint density at radius 1 is 1.15 bits per heavy atom. The lowest BCUT2D eigenvalue weighted by molar-refractivity contribution is -0.140. The lowest BCUT2D eigenvalue weighted by Crippen LogP contribution is -2.18. The van der Waals surface area contributed by atoms with Gasteiger partial charge in [-0.15, -0.1) is 0 Å². The molecule has 7 heteroatoms. The summed E-state index contributed by atoms with van der Waals surface area (Å²) in [4.78, 5) is 24.6. The summed E-state index contributed by atoms with van der Waals surface area (Å²) in [6, 6.07) is 11.0. The van der Waals surface area contributed by atoms with Crippen LogP contribution in [-0.4, -0.2) is 30.4 Å². The highest BCUT2D eigenvalue weighted by atomic mass is 16.5. The Morgan fingerprint density at radius 3 is 2.59 bits per heavy atom. The third-order valence-electron chi connectivity index (χ3n) is 4.37. The van der Waals surface area contributed by atoms with Gasteiger partial charge in [0.05, 0.1) is 31.6 Å². The Bertz CT molecular complexity index is 1050. The summed E-state index contributed by atoms with van der Waals surface area (Å²) in [6.07, 6.45) is -0.207. The molecule has 0 saturated heterocycles. The minimum Gasteiger partial charge on any atom is -0.507 e. The predicted molar refractivity (Wildman–Crippen MR) is 97.3 cm³/mol. The number of para-hydroxylation sites is 1. The minimum atomic E-state index is -0.854. The van der Waals surface area contributed by atoms with Crippen molar-refractivity contribution in [1.29, 1.82) is 0 Å². The number of benzene rings is 2. The van der Waals surface area contributed by atoms with E-state index >= 15 is 0 Å². The fourth-order valence-corrected chi connectivity index (χ4v) is 3.00. The number of fused-ring (bicyclic) bond motifs is 1. The fraction of sp³-hybridized carbons (Fsp3) is 0.200. The van der Waals surface area contributed by atoms with Crippen molar-refractivity contribution in [1.82, 2.24) is 0 Å². The van der Waals surface area contributed by atoms with Crippen LogP contribution in [0.3, 0.4) is 0 Å². The Labute approximate surface area is 154 Å². The second-order valence-electron chi connectivity index (χ2n) is 5.91. The van der Waals surface area contributed by atoms with Crippen LogP contribution in [0.15, 0.2) is 51.7 Å². The molecule has 0 amide bonds. The van der Waals surface area contributed by atoms with Gasteiger partial charge in [0.2, 0.25) is 0 Å². The normalized spacial score (nSPS) is 11.9. The van der Waals surface area contributed by atoms with E-state index in [9.17, 15) is 19.8 Å². The second kappa shape index (κ2) is 7.41. The second-order valence-corrected chi connectivity index (χ2v) is 5.91. The van der Waals surface area contributed by atoms with Gasteiger partial charge in [-0.1, -0.05) is 18.2 Å². The van der Waals surface area contributed by atoms with Gasteiger partial charge in [0, 0.05) is 5.92 Å². The topological polar surface area (TPSA) is 106 Å². The van der Waals surface area contributed by atoms with E-state index in [0.29, 0.717) is 10.9 Å². The predicted octanol–water partition coefficient (Wildman–Crippen LogP) is 2.91. The van der Waals surface area contributed by atoms with Crippen molar-refractivity contribution >= 4 is 16.9 Å². The van der Waals surface area contributed by atoms with Gasteiger partial charge in [-0.25, -0.2) is 4.79 Å². The molecule has 1 heterocycles. The van der Waals surface area contributed by atoms with E-state index in [1.54, 1.807) is 30.3 Å². The summed E-state index contributed by atoms with van der Waals surface area (Å²) in [5, 5.41) is 20.9. The van der Waals surface area contributed by atoms with Crippen molar-refractivity contribution in [3.8, 4) is 17.2 Å².